The van der Waals surface area contributed by atoms with E-state index in [-0.39, 0.29) is 22.8 Å². The van der Waals surface area contributed by atoms with Crippen LogP contribution in [0.3, 0.4) is 0 Å². The Hall–Kier alpha value is -3.40. The molecule has 0 bridgehead atoms. The van der Waals surface area contributed by atoms with E-state index in [1.807, 2.05) is 13.0 Å². The van der Waals surface area contributed by atoms with Gasteiger partial charge in [0.2, 0.25) is 5.88 Å². The van der Waals surface area contributed by atoms with E-state index < -0.39 is 11.5 Å². The van der Waals surface area contributed by atoms with E-state index in [1.165, 1.54) is 7.11 Å². The van der Waals surface area contributed by atoms with Crippen molar-refractivity contribution in [3.05, 3.63) is 62.5 Å². The topological polar surface area (TPSA) is 108 Å². The fourth-order valence-electron chi connectivity index (χ4n) is 3.24. The molecule has 2 N–H and O–H groups in total. The van der Waals surface area contributed by atoms with Gasteiger partial charge in [0.05, 0.1) is 25.7 Å². The summed E-state index contributed by atoms with van der Waals surface area (Å²) < 4.78 is 21.6. The maximum Gasteiger partial charge on any atom is 0.343 e. The number of hydrogen-bond acceptors (Lipinski definition) is 7. The van der Waals surface area contributed by atoms with Gasteiger partial charge in [-0.05, 0) is 19.9 Å². The maximum absolute atomic E-state index is 12.6. The van der Waals surface area contributed by atoms with Gasteiger partial charge in [-0.2, -0.15) is 5.26 Å². The molecule has 0 unspecified atom stereocenters. The molecule has 0 radical (unpaired) electrons. The van der Waals surface area contributed by atoms with Crippen LogP contribution in [0.1, 0.15) is 28.4 Å². The van der Waals surface area contributed by atoms with E-state index in [4.69, 9.17) is 24.4 Å². The lowest BCUT2D eigenvalue weighted by atomic mass is 9.83. The first-order valence-corrected chi connectivity index (χ1v) is 7.86. The molecule has 7 nitrogen and oxygen atoms in total. The predicted molar refractivity (Wildman–Crippen MR) is 93.3 cm³/mol. The van der Waals surface area contributed by atoms with Crippen molar-refractivity contribution < 1.29 is 18.6 Å². The van der Waals surface area contributed by atoms with E-state index in [1.54, 1.807) is 32.2 Å². The molecule has 0 spiro atoms. The Morgan fingerprint density at radius 1 is 1.23 bits per heavy atom. The molecular formula is C19H18N2O5. The zero-order chi connectivity index (χ0) is 19.0. The first-order chi connectivity index (χ1) is 12.4. The second-order valence-electron chi connectivity index (χ2n) is 5.86. The molecule has 1 aromatic carbocycles. The lowest BCUT2D eigenvalue weighted by Crippen LogP contribution is -2.26. The van der Waals surface area contributed by atoms with Gasteiger partial charge in [-0.25, -0.2) is 4.79 Å². The van der Waals surface area contributed by atoms with Crippen LogP contribution in [-0.4, -0.2) is 14.2 Å². The lowest BCUT2D eigenvalue weighted by Gasteiger charge is -2.27. The van der Waals surface area contributed by atoms with Gasteiger partial charge in [-0.15, -0.1) is 0 Å². The molecule has 0 aliphatic carbocycles. The molecule has 2 aromatic rings. The van der Waals surface area contributed by atoms with Crippen molar-refractivity contribution in [2.75, 3.05) is 14.2 Å². The van der Waals surface area contributed by atoms with Gasteiger partial charge >= 0.3 is 5.63 Å². The highest BCUT2D eigenvalue weighted by Crippen LogP contribution is 2.45. The zero-order valence-electron chi connectivity index (χ0n) is 14.9. The minimum absolute atomic E-state index is 0.0504. The van der Waals surface area contributed by atoms with Gasteiger partial charge in [-0.1, -0.05) is 6.07 Å². The number of aryl methyl sites for hydroxylation is 1. The highest BCUT2D eigenvalue weighted by Gasteiger charge is 2.36. The first-order valence-electron chi connectivity index (χ1n) is 7.86. The van der Waals surface area contributed by atoms with Crippen LogP contribution in [0.15, 0.2) is 38.9 Å². The third kappa shape index (κ3) is 2.56. The number of nitriles is 1. The molecule has 1 aliphatic rings. The predicted octanol–water partition coefficient (Wildman–Crippen LogP) is 2.49. The summed E-state index contributed by atoms with van der Waals surface area (Å²) in [5.74, 6) is 0.979. The number of methoxy groups -OCH3 is 2. The summed E-state index contributed by atoms with van der Waals surface area (Å²) in [4.78, 5) is 12.6. The fourth-order valence-corrected chi connectivity index (χ4v) is 3.24. The summed E-state index contributed by atoms with van der Waals surface area (Å²) >= 11 is 0. The second kappa shape index (κ2) is 6.48. The summed E-state index contributed by atoms with van der Waals surface area (Å²) in [6, 6.07) is 7.12. The molecule has 0 amide bonds. The molecule has 0 saturated carbocycles. The Morgan fingerprint density at radius 3 is 2.58 bits per heavy atom. The standard InChI is InChI=1S/C19H18N2O5/c1-9-7-14-16(19(22)25-9)15(12(8-20)18(21)26-14)11-5-6-13(23-3)10(2)17(11)24-4/h5-7,15H,21H2,1-4H3/t15-/m1/s1. The Balaban J connectivity index is 2.36. The van der Waals surface area contributed by atoms with E-state index in [0.29, 0.717) is 22.8 Å². The average molecular weight is 354 g/mol. The zero-order valence-corrected chi connectivity index (χ0v) is 14.9. The van der Waals surface area contributed by atoms with Crippen LogP contribution in [-0.2, 0) is 0 Å². The fraction of sp³-hybridized carbons (Fsp3) is 0.263. The molecule has 1 aromatic heterocycles. The van der Waals surface area contributed by atoms with Crippen LogP contribution < -0.4 is 25.6 Å². The van der Waals surface area contributed by atoms with E-state index in [2.05, 4.69) is 0 Å². The summed E-state index contributed by atoms with van der Waals surface area (Å²) in [5, 5.41) is 9.63. The minimum atomic E-state index is -0.764. The molecule has 7 heteroatoms. The number of benzene rings is 1. The molecule has 0 saturated heterocycles. The van der Waals surface area contributed by atoms with Gasteiger partial charge in [0.1, 0.15) is 34.7 Å². The van der Waals surface area contributed by atoms with Crippen molar-refractivity contribution in [2.45, 2.75) is 19.8 Å². The van der Waals surface area contributed by atoms with Crippen molar-refractivity contribution in [1.29, 1.82) is 5.26 Å². The first kappa shape index (κ1) is 17.4. The molecule has 26 heavy (non-hydrogen) atoms. The number of nitrogens with two attached hydrogens (primary N) is 1. The van der Waals surface area contributed by atoms with E-state index in [9.17, 15) is 10.1 Å². The van der Waals surface area contributed by atoms with Crippen molar-refractivity contribution in [3.8, 4) is 23.3 Å². The van der Waals surface area contributed by atoms with Crippen LogP contribution in [0, 0.1) is 25.2 Å². The van der Waals surface area contributed by atoms with Crippen LogP contribution in [0.25, 0.3) is 0 Å². The Kier molecular flexibility index (Phi) is 4.34. The van der Waals surface area contributed by atoms with Crippen molar-refractivity contribution in [3.63, 3.8) is 0 Å². The summed E-state index contributed by atoms with van der Waals surface area (Å²) in [5.41, 5.74) is 7.05. The number of allylic oxidation sites excluding steroid dienone is 1. The number of rotatable bonds is 3. The quantitative estimate of drug-likeness (QED) is 0.902. The highest BCUT2D eigenvalue weighted by molar-refractivity contribution is 5.61. The van der Waals surface area contributed by atoms with Gasteiger partial charge in [0.25, 0.3) is 0 Å². The van der Waals surface area contributed by atoms with Crippen LogP contribution >= 0.6 is 0 Å². The number of fused-ring (bicyclic) bond motifs is 1. The van der Waals surface area contributed by atoms with Crippen LogP contribution in [0.2, 0.25) is 0 Å². The van der Waals surface area contributed by atoms with Gasteiger partial charge < -0.3 is 24.4 Å². The lowest BCUT2D eigenvalue weighted by molar-refractivity contribution is 0.365. The van der Waals surface area contributed by atoms with Crippen molar-refractivity contribution in [1.82, 2.24) is 0 Å². The van der Waals surface area contributed by atoms with E-state index in [0.717, 1.165) is 5.56 Å². The van der Waals surface area contributed by atoms with Gasteiger partial charge in [0.15, 0.2) is 0 Å². The van der Waals surface area contributed by atoms with E-state index >= 15 is 0 Å². The molecule has 1 aliphatic heterocycles. The molecule has 3 rings (SSSR count). The third-order valence-electron chi connectivity index (χ3n) is 4.38. The SMILES string of the molecule is COc1ccc([C@@H]2C(C#N)=C(N)Oc3cc(C)oc(=O)c32)c(OC)c1C. The van der Waals surface area contributed by atoms with Crippen molar-refractivity contribution in [2.24, 2.45) is 5.73 Å². The number of ether oxygens (including phenoxy) is 3. The summed E-state index contributed by atoms with van der Waals surface area (Å²) in [6.07, 6.45) is 0. The molecule has 134 valence electrons. The van der Waals surface area contributed by atoms with Crippen LogP contribution in [0.4, 0.5) is 0 Å². The molecule has 1 atom stereocenters. The molecule has 2 heterocycles. The number of nitrogens with zero attached hydrogens (tertiary/aromatic N) is 1. The third-order valence-corrected chi connectivity index (χ3v) is 4.38. The summed E-state index contributed by atoms with van der Waals surface area (Å²) in [6.45, 7) is 3.47. The Labute approximate surface area is 150 Å². The summed E-state index contributed by atoms with van der Waals surface area (Å²) in [7, 11) is 3.07. The van der Waals surface area contributed by atoms with Crippen LogP contribution in [0.5, 0.6) is 17.2 Å². The monoisotopic (exact) mass is 354 g/mol. The van der Waals surface area contributed by atoms with Gasteiger partial charge in [0, 0.05) is 17.2 Å². The largest absolute Gasteiger partial charge is 0.496 e. The Morgan fingerprint density at radius 2 is 1.96 bits per heavy atom. The maximum atomic E-state index is 12.6. The average Bonchev–Trinajstić information content (AvgIpc) is 2.60. The molecule has 0 fully saturated rings. The normalized spacial score (nSPS) is 15.7. The number of hydrogen-bond donors (Lipinski definition) is 1. The van der Waals surface area contributed by atoms with Crippen molar-refractivity contribution >= 4 is 0 Å². The molecular weight excluding hydrogens is 336 g/mol. The smallest absolute Gasteiger partial charge is 0.343 e. The highest BCUT2D eigenvalue weighted by atomic mass is 16.5. The Bertz CT molecular complexity index is 1010. The second-order valence-corrected chi connectivity index (χ2v) is 5.86. The van der Waals surface area contributed by atoms with Gasteiger partial charge in [-0.3, -0.25) is 0 Å². The minimum Gasteiger partial charge on any atom is -0.496 e.